The number of benzene rings is 1. The Morgan fingerprint density at radius 1 is 1.36 bits per heavy atom. The molecule has 1 aromatic heterocycles. The Balaban J connectivity index is 1.53. The Kier molecular flexibility index (Phi) is 6.98. The van der Waals surface area contributed by atoms with Crippen LogP contribution in [0.1, 0.15) is 13.8 Å². The number of imidazole rings is 1. The molecule has 0 radical (unpaired) electrons. The van der Waals surface area contributed by atoms with Crippen LogP contribution in [0.5, 0.6) is 5.75 Å². The molecule has 0 aliphatic carbocycles. The zero-order valence-electron chi connectivity index (χ0n) is 16.7. The van der Waals surface area contributed by atoms with Gasteiger partial charge in [0.05, 0.1) is 31.8 Å². The van der Waals surface area contributed by atoms with Gasteiger partial charge in [0, 0.05) is 43.6 Å². The predicted molar refractivity (Wildman–Crippen MR) is 110 cm³/mol. The van der Waals surface area contributed by atoms with Crippen LogP contribution in [0, 0.1) is 0 Å². The van der Waals surface area contributed by atoms with E-state index in [1.54, 1.807) is 13.3 Å². The lowest BCUT2D eigenvalue weighted by molar-refractivity contribution is -0.119. The topological polar surface area (TPSA) is 68.6 Å². The fourth-order valence-electron chi connectivity index (χ4n) is 3.13. The lowest BCUT2D eigenvalue weighted by Crippen LogP contribution is -2.55. The van der Waals surface area contributed by atoms with Gasteiger partial charge >= 0.3 is 0 Å². The smallest absolute Gasteiger partial charge is 0.230 e. The van der Waals surface area contributed by atoms with Gasteiger partial charge in [-0.25, -0.2) is 4.98 Å². The second-order valence-corrected chi connectivity index (χ2v) is 8.20. The second-order valence-electron chi connectivity index (χ2n) is 7.26. The van der Waals surface area contributed by atoms with Crippen LogP contribution >= 0.6 is 11.8 Å². The van der Waals surface area contributed by atoms with Crippen molar-refractivity contribution in [3.8, 4) is 11.4 Å². The van der Waals surface area contributed by atoms with Crippen LogP contribution < -0.4 is 10.1 Å². The quantitative estimate of drug-likeness (QED) is 0.681. The summed E-state index contributed by atoms with van der Waals surface area (Å²) in [6.07, 6.45) is 3.62. The Bertz CT molecular complexity index is 787. The maximum atomic E-state index is 12.4. The Morgan fingerprint density at radius 2 is 2.14 bits per heavy atom. The summed E-state index contributed by atoms with van der Waals surface area (Å²) in [5.41, 5.74) is 0.858. The van der Waals surface area contributed by atoms with Crippen molar-refractivity contribution in [2.24, 2.45) is 0 Å². The summed E-state index contributed by atoms with van der Waals surface area (Å²) < 4.78 is 12.7. The van der Waals surface area contributed by atoms with E-state index in [2.05, 4.69) is 29.0 Å². The summed E-state index contributed by atoms with van der Waals surface area (Å²) >= 11 is 1.42. The van der Waals surface area contributed by atoms with E-state index in [9.17, 15) is 4.79 Å². The highest BCUT2D eigenvalue weighted by Crippen LogP contribution is 2.23. The molecular weight excluding hydrogens is 376 g/mol. The molecule has 1 aliphatic rings. The number of amides is 1. The fraction of sp³-hybridized carbons (Fsp3) is 0.500. The van der Waals surface area contributed by atoms with Crippen molar-refractivity contribution >= 4 is 17.7 Å². The molecule has 0 saturated carbocycles. The third-order valence-corrected chi connectivity index (χ3v) is 5.82. The van der Waals surface area contributed by atoms with Crippen molar-refractivity contribution in [2.45, 2.75) is 24.5 Å². The molecule has 1 aromatic carbocycles. The summed E-state index contributed by atoms with van der Waals surface area (Å²) in [4.78, 5) is 19.1. The van der Waals surface area contributed by atoms with Gasteiger partial charge in [0.25, 0.3) is 0 Å². The van der Waals surface area contributed by atoms with E-state index in [1.807, 2.05) is 35.0 Å². The molecule has 0 unspecified atom stereocenters. The van der Waals surface area contributed by atoms with Gasteiger partial charge in [0.15, 0.2) is 5.16 Å². The van der Waals surface area contributed by atoms with Gasteiger partial charge < -0.3 is 14.8 Å². The van der Waals surface area contributed by atoms with Crippen molar-refractivity contribution in [1.82, 2.24) is 19.8 Å². The maximum Gasteiger partial charge on any atom is 0.230 e. The van der Waals surface area contributed by atoms with E-state index < -0.39 is 0 Å². The van der Waals surface area contributed by atoms with Gasteiger partial charge in [-0.15, -0.1) is 0 Å². The Hall–Kier alpha value is -2.03. The molecule has 7 nitrogen and oxygen atoms in total. The molecule has 2 heterocycles. The summed E-state index contributed by atoms with van der Waals surface area (Å²) in [5, 5.41) is 3.83. The van der Waals surface area contributed by atoms with E-state index in [0.29, 0.717) is 12.3 Å². The number of carbonyl (C=O) groups excluding carboxylic acids is 1. The Morgan fingerprint density at radius 3 is 2.89 bits per heavy atom. The lowest BCUT2D eigenvalue weighted by Gasteiger charge is -2.40. The first-order valence-corrected chi connectivity index (χ1v) is 10.4. The number of nitrogens with one attached hydrogen (secondary N) is 1. The van der Waals surface area contributed by atoms with Crippen LogP contribution in [-0.4, -0.2) is 71.6 Å². The average Bonchev–Trinajstić information content (AvgIpc) is 3.20. The number of morpholine rings is 1. The minimum absolute atomic E-state index is 0.00604. The zero-order valence-corrected chi connectivity index (χ0v) is 17.5. The van der Waals surface area contributed by atoms with Crippen LogP contribution in [0.15, 0.2) is 41.8 Å². The van der Waals surface area contributed by atoms with E-state index in [0.717, 1.165) is 42.9 Å². The van der Waals surface area contributed by atoms with E-state index >= 15 is 0 Å². The van der Waals surface area contributed by atoms with Crippen molar-refractivity contribution < 1.29 is 14.3 Å². The molecule has 152 valence electrons. The van der Waals surface area contributed by atoms with Gasteiger partial charge in [-0.2, -0.15) is 0 Å². The molecule has 1 N–H and O–H groups in total. The van der Waals surface area contributed by atoms with Gasteiger partial charge in [-0.3, -0.25) is 14.3 Å². The molecule has 2 aromatic rings. The summed E-state index contributed by atoms with van der Waals surface area (Å²) in [6.45, 7) is 8.21. The Labute approximate surface area is 170 Å². The number of hydrogen-bond acceptors (Lipinski definition) is 6. The van der Waals surface area contributed by atoms with Crippen molar-refractivity contribution in [3.63, 3.8) is 0 Å². The second kappa shape index (κ2) is 9.45. The van der Waals surface area contributed by atoms with Crippen LogP contribution in [0.25, 0.3) is 5.69 Å². The molecule has 0 bridgehead atoms. The first-order valence-electron chi connectivity index (χ1n) is 9.40. The van der Waals surface area contributed by atoms with Gasteiger partial charge in [0.2, 0.25) is 5.91 Å². The van der Waals surface area contributed by atoms with Crippen molar-refractivity contribution in [1.29, 1.82) is 0 Å². The van der Waals surface area contributed by atoms with E-state index in [-0.39, 0.29) is 11.4 Å². The largest absolute Gasteiger partial charge is 0.497 e. The number of rotatable bonds is 8. The SMILES string of the molecule is COc1cccc(-n2ccnc2SCC(=O)NCC(C)(C)N2CCOCC2)c1. The number of hydrogen-bond donors (Lipinski definition) is 1. The first kappa shape index (κ1) is 20.7. The molecule has 1 aliphatic heterocycles. The zero-order chi connectivity index (χ0) is 20.0. The van der Waals surface area contributed by atoms with E-state index in [4.69, 9.17) is 9.47 Å². The number of carbonyl (C=O) groups is 1. The predicted octanol–water partition coefficient (Wildman–Crippen LogP) is 2.20. The number of aromatic nitrogens is 2. The number of thioether (sulfide) groups is 1. The van der Waals surface area contributed by atoms with Crippen LogP contribution in [0.4, 0.5) is 0 Å². The molecule has 1 fully saturated rings. The van der Waals surface area contributed by atoms with Crippen LogP contribution in [0.2, 0.25) is 0 Å². The monoisotopic (exact) mass is 404 g/mol. The molecule has 0 atom stereocenters. The highest BCUT2D eigenvalue weighted by Gasteiger charge is 2.28. The minimum atomic E-state index is -0.0941. The van der Waals surface area contributed by atoms with Crippen LogP contribution in [0.3, 0.4) is 0 Å². The van der Waals surface area contributed by atoms with Gasteiger partial charge in [-0.05, 0) is 26.0 Å². The summed E-state index contributed by atoms with van der Waals surface area (Å²) in [5.74, 6) is 1.11. The van der Waals surface area contributed by atoms with Gasteiger partial charge in [0.1, 0.15) is 5.75 Å². The highest BCUT2D eigenvalue weighted by atomic mass is 32.2. The van der Waals surface area contributed by atoms with Crippen molar-refractivity contribution in [2.75, 3.05) is 45.7 Å². The molecule has 1 saturated heterocycles. The number of methoxy groups -OCH3 is 1. The number of nitrogens with zero attached hydrogens (tertiary/aromatic N) is 3. The van der Waals surface area contributed by atoms with E-state index in [1.165, 1.54) is 11.8 Å². The van der Waals surface area contributed by atoms with Gasteiger partial charge in [-0.1, -0.05) is 17.8 Å². The molecule has 8 heteroatoms. The molecule has 1 amide bonds. The average molecular weight is 405 g/mol. The normalized spacial score (nSPS) is 15.4. The first-order chi connectivity index (χ1) is 13.5. The van der Waals surface area contributed by atoms with Crippen molar-refractivity contribution in [3.05, 3.63) is 36.7 Å². The standard InChI is InChI=1S/C20H28N4O3S/c1-20(2,23-9-11-27-12-10-23)15-22-18(25)14-28-19-21-7-8-24(19)16-5-4-6-17(13-16)26-3/h4-8,13H,9-12,14-15H2,1-3H3,(H,22,25). The molecular formula is C20H28N4O3S. The maximum absolute atomic E-state index is 12.4. The number of ether oxygens (including phenoxy) is 2. The fourth-order valence-corrected chi connectivity index (χ4v) is 3.93. The summed E-state index contributed by atoms with van der Waals surface area (Å²) in [7, 11) is 1.64. The third-order valence-electron chi connectivity index (χ3n) is 4.86. The lowest BCUT2D eigenvalue weighted by atomic mass is 10.0. The molecule has 28 heavy (non-hydrogen) atoms. The highest BCUT2D eigenvalue weighted by molar-refractivity contribution is 7.99. The summed E-state index contributed by atoms with van der Waals surface area (Å²) in [6, 6.07) is 7.76. The third kappa shape index (κ3) is 5.27. The molecule has 3 rings (SSSR count). The molecule has 0 spiro atoms. The minimum Gasteiger partial charge on any atom is -0.497 e. The van der Waals surface area contributed by atoms with Crippen LogP contribution in [-0.2, 0) is 9.53 Å².